The zero-order chi connectivity index (χ0) is 13.9. The Kier molecular flexibility index (Phi) is 4.09. The van der Waals surface area contributed by atoms with Crippen molar-refractivity contribution in [3.63, 3.8) is 0 Å². The van der Waals surface area contributed by atoms with Crippen LogP contribution in [-0.2, 0) is 6.18 Å². The van der Waals surface area contributed by atoms with E-state index in [1.165, 1.54) is 6.07 Å². The fourth-order valence-corrected chi connectivity index (χ4v) is 1.50. The van der Waals surface area contributed by atoms with Gasteiger partial charge in [-0.25, -0.2) is 0 Å². The molecule has 0 aromatic heterocycles. The molecule has 1 aromatic rings. The first kappa shape index (κ1) is 14.2. The summed E-state index contributed by atoms with van der Waals surface area (Å²) in [5.74, 6) is -1.36. The molecule has 0 heterocycles. The van der Waals surface area contributed by atoms with Gasteiger partial charge >= 0.3 is 6.18 Å². The molecule has 0 saturated heterocycles. The van der Waals surface area contributed by atoms with Crippen molar-refractivity contribution in [1.29, 1.82) is 5.26 Å². The summed E-state index contributed by atoms with van der Waals surface area (Å²) >= 11 is 5.24. The second-order valence-corrected chi connectivity index (χ2v) is 3.54. The van der Waals surface area contributed by atoms with E-state index in [9.17, 15) is 22.8 Å². The SMILES string of the molecule is N#Cc1cc(C=O)c(C(=O)CCl)cc1C(F)(F)F. The molecule has 0 spiro atoms. The fraction of sp³-hybridized carbons (Fsp3) is 0.182. The van der Waals surface area contributed by atoms with E-state index < -0.39 is 34.5 Å². The fourth-order valence-electron chi connectivity index (χ4n) is 1.35. The van der Waals surface area contributed by atoms with Gasteiger partial charge < -0.3 is 0 Å². The molecule has 0 amide bonds. The van der Waals surface area contributed by atoms with Crippen LogP contribution in [0.25, 0.3) is 0 Å². The standard InChI is InChI=1S/C11H5ClF3NO2/c12-3-10(18)8-2-9(11(13,14)15)6(4-16)1-7(8)5-17/h1-2,5H,3H2. The highest BCUT2D eigenvalue weighted by Gasteiger charge is 2.35. The van der Waals surface area contributed by atoms with Gasteiger partial charge in [0.15, 0.2) is 12.1 Å². The van der Waals surface area contributed by atoms with Crippen LogP contribution in [0.15, 0.2) is 12.1 Å². The number of halogens is 4. The van der Waals surface area contributed by atoms with Crippen LogP contribution in [0.4, 0.5) is 13.2 Å². The Morgan fingerprint density at radius 2 is 2.06 bits per heavy atom. The number of hydrogen-bond acceptors (Lipinski definition) is 3. The van der Waals surface area contributed by atoms with Gasteiger partial charge in [-0.05, 0) is 12.1 Å². The van der Waals surface area contributed by atoms with Crippen LogP contribution >= 0.6 is 11.6 Å². The van der Waals surface area contributed by atoms with Crippen LogP contribution in [0.5, 0.6) is 0 Å². The average Bonchev–Trinajstić information content (AvgIpc) is 2.34. The van der Waals surface area contributed by atoms with Gasteiger partial charge in [0.05, 0.1) is 23.1 Å². The lowest BCUT2D eigenvalue weighted by atomic mass is 9.97. The predicted octanol–water partition coefficient (Wildman–Crippen LogP) is 2.81. The molecule has 0 radical (unpaired) electrons. The molecule has 1 rings (SSSR count). The van der Waals surface area contributed by atoms with Crippen molar-refractivity contribution < 1.29 is 22.8 Å². The molecule has 0 unspecified atom stereocenters. The van der Waals surface area contributed by atoms with E-state index in [1.54, 1.807) is 0 Å². The molecule has 94 valence electrons. The molecule has 0 atom stereocenters. The third kappa shape index (κ3) is 2.68. The van der Waals surface area contributed by atoms with Crippen molar-refractivity contribution in [2.45, 2.75) is 6.18 Å². The van der Waals surface area contributed by atoms with Crippen molar-refractivity contribution in [2.24, 2.45) is 0 Å². The Morgan fingerprint density at radius 1 is 1.44 bits per heavy atom. The zero-order valence-electron chi connectivity index (χ0n) is 8.71. The zero-order valence-corrected chi connectivity index (χ0v) is 9.47. The van der Waals surface area contributed by atoms with Crippen molar-refractivity contribution in [1.82, 2.24) is 0 Å². The topological polar surface area (TPSA) is 57.9 Å². The van der Waals surface area contributed by atoms with E-state index in [4.69, 9.17) is 16.9 Å². The summed E-state index contributed by atoms with van der Waals surface area (Å²) in [4.78, 5) is 22.0. The number of aldehydes is 1. The number of alkyl halides is 4. The molecule has 3 nitrogen and oxygen atoms in total. The molecule has 0 aliphatic heterocycles. The van der Waals surface area contributed by atoms with E-state index in [1.807, 2.05) is 0 Å². The summed E-state index contributed by atoms with van der Waals surface area (Å²) in [5, 5.41) is 8.61. The predicted molar refractivity (Wildman–Crippen MR) is 56.6 cm³/mol. The van der Waals surface area contributed by atoms with Gasteiger partial charge in [0.2, 0.25) is 0 Å². The lowest BCUT2D eigenvalue weighted by Crippen LogP contribution is -2.13. The molecular formula is C11H5ClF3NO2. The van der Waals surface area contributed by atoms with Crippen LogP contribution < -0.4 is 0 Å². The third-order valence-electron chi connectivity index (χ3n) is 2.16. The average molecular weight is 276 g/mol. The van der Waals surface area contributed by atoms with Crippen molar-refractivity contribution >= 4 is 23.7 Å². The number of nitrogens with zero attached hydrogens (tertiary/aromatic N) is 1. The summed E-state index contributed by atoms with van der Waals surface area (Å²) in [6.07, 6.45) is -4.57. The first-order chi connectivity index (χ1) is 8.35. The van der Waals surface area contributed by atoms with Gasteiger partial charge in [-0.1, -0.05) is 0 Å². The molecule has 0 aliphatic rings. The van der Waals surface area contributed by atoms with Crippen molar-refractivity contribution in [3.05, 3.63) is 34.4 Å². The van der Waals surface area contributed by atoms with Gasteiger partial charge in [-0.15, -0.1) is 11.6 Å². The number of carbonyl (C=O) groups is 2. The minimum Gasteiger partial charge on any atom is -0.298 e. The summed E-state index contributed by atoms with van der Waals surface area (Å²) < 4.78 is 37.9. The Hall–Kier alpha value is -1.87. The van der Waals surface area contributed by atoms with Crippen LogP contribution in [0.1, 0.15) is 31.8 Å². The Bertz CT molecular complexity index is 546. The van der Waals surface area contributed by atoms with E-state index in [-0.39, 0.29) is 11.8 Å². The lowest BCUT2D eigenvalue weighted by Gasteiger charge is -2.11. The van der Waals surface area contributed by atoms with Gasteiger partial charge in [-0.2, -0.15) is 18.4 Å². The van der Waals surface area contributed by atoms with Gasteiger partial charge in [0.25, 0.3) is 0 Å². The van der Waals surface area contributed by atoms with Crippen LogP contribution in [0, 0.1) is 11.3 Å². The monoisotopic (exact) mass is 275 g/mol. The normalized spacial score (nSPS) is 10.8. The molecule has 0 saturated carbocycles. The quantitative estimate of drug-likeness (QED) is 0.484. The molecule has 0 N–H and O–H groups in total. The molecule has 0 bridgehead atoms. The second kappa shape index (κ2) is 5.19. The lowest BCUT2D eigenvalue weighted by molar-refractivity contribution is -0.137. The smallest absolute Gasteiger partial charge is 0.298 e. The highest BCUT2D eigenvalue weighted by atomic mass is 35.5. The summed E-state index contributed by atoms with van der Waals surface area (Å²) in [7, 11) is 0. The van der Waals surface area contributed by atoms with E-state index >= 15 is 0 Å². The Morgan fingerprint density at radius 3 is 2.44 bits per heavy atom. The minimum atomic E-state index is -4.78. The first-order valence-corrected chi connectivity index (χ1v) is 5.08. The summed E-state index contributed by atoms with van der Waals surface area (Å²) in [5.41, 5.74) is -2.70. The van der Waals surface area contributed by atoms with E-state index in [2.05, 4.69) is 0 Å². The number of ketones is 1. The Labute approximate surface area is 105 Å². The summed E-state index contributed by atoms with van der Waals surface area (Å²) in [6, 6.07) is 2.55. The van der Waals surface area contributed by atoms with Crippen LogP contribution in [-0.4, -0.2) is 17.9 Å². The van der Waals surface area contributed by atoms with Crippen LogP contribution in [0.3, 0.4) is 0 Å². The molecule has 0 aliphatic carbocycles. The van der Waals surface area contributed by atoms with Crippen molar-refractivity contribution in [3.8, 4) is 6.07 Å². The molecule has 7 heteroatoms. The number of benzene rings is 1. The maximum atomic E-state index is 12.6. The minimum absolute atomic E-state index is 0.209. The highest BCUT2D eigenvalue weighted by molar-refractivity contribution is 6.31. The molecule has 0 fully saturated rings. The number of rotatable bonds is 3. The maximum absolute atomic E-state index is 12.6. The summed E-state index contributed by atoms with van der Waals surface area (Å²) in [6.45, 7) is 0. The third-order valence-corrected chi connectivity index (χ3v) is 2.41. The van der Waals surface area contributed by atoms with Gasteiger partial charge in [-0.3, -0.25) is 9.59 Å². The number of nitriles is 1. The number of Topliss-reactive ketones (excluding diaryl/α,β-unsaturated/α-hetero) is 1. The second-order valence-electron chi connectivity index (χ2n) is 3.27. The largest absolute Gasteiger partial charge is 0.417 e. The molecular weight excluding hydrogens is 271 g/mol. The van der Waals surface area contributed by atoms with Gasteiger partial charge in [0, 0.05) is 11.1 Å². The first-order valence-electron chi connectivity index (χ1n) is 4.54. The van der Waals surface area contributed by atoms with Gasteiger partial charge in [0.1, 0.15) is 0 Å². The molecule has 1 aromatic carbocycles. The Balaban J connectivity index is 3.60. The maximum Gasteiger partial charge on any atom is 0.417 e. The van der Waals surface area contributed by atoms with E-state index in [0.29, 0.717) is 6.07 Å². The van der Waals surface area contributed by atoms with E-state index in [0.717, 1.165) is 6.07 Å². The highest BCUT2D eigenvalue weighted by Crippen LogP contribution is 2.33. The number of carbonyl (C=O) groups excluding carboxylic acids is 2. The van der Waals surface area contributed by atoms with Crippen molar-refractivity contribution in [2.75, 3.05) is 5.88 Å². The van der Waals surface area contributed by atoms with Crippen LogP contribution in [0.2, 0.25) is 0 Å². The molecule has 18 heavy (non-hydrogen) atoms. The number of hydrogen-bond donors (Lipinski definition) is 0.